The lowest BCUT2D eigenvalue weighted by atomic mass is 10.2. The Balaban J connectivity index is 1.38. The topological polar surface area (TPSA) is 97.4 Å². The number of hydrogen-bond donors (Lipinski definition) is 2. The summed E-state index contributed by atoms with van der Waals surface area (Å²) in [7, 11) is 0. The summed E-state index contributed by atoms with van der Waals surface area (Å²) in [4.78, 5) is 40.1. The fourth-order valence-electron chi connectivity index (χ4n) is 2.46. The molecule has 0 bridgehead atoms. The van der Waals surface area contributed by atoms with E-state index in [1.54, 1.807) is 24.3 Å². The Hall–Kier alpha value is -3.23. The number of carbonyl (C=O) groups excluding carboxylic acids is 3. The fourth-order valence-corrected chi connectivity index (χ4v) is 3.42. The van der Waals surface area contributed by atoms with E-state index in [0.29, 0.717) is 15.7 Å². The number of benzene rings is 2. The number of ether oxygens (including phenoxy) is 1. The van der Waals surface area contributed by atoms with Crippen molar-refractivity contribution in [3.8, 4) is 11.3 Å². The Labute approximate surface area is 182 Å². The molecule has 0 aliphatic rings. The summed E-state index contributed by atoms with van der Waals surface area (Å²) in [5.74, 6) is -1.48. The zero-order valence-electron chi connectivity index (χ0n) is 15.8. The predicted molar refractivity (Wildman–Crippen MR) is 116 cm³/mol. The molecule has 0 saturated carbocycles. The average Bonchev–Trinajstić information content (AvgIpc) is 3.21. The number of rotatable bonds is 8. The van der Waals surface area contributed by atoms with Crippen LogP contribution in [0.15, 0.2) is 60.0 Å². The van der Waals surface area contributed by atoms with E-state index < -0.39 is 18.5 Å². The number of esters is 1. The van der Waals surface area contributed by atoms with Gasteiger partial charge in [0.05, 0.1) is 22.7 Å². The van der Waals surface area contributed by atoms with E-state index in [4.69, 9.17) is 16.3 Å². The SMILES string of the molecule is O=C(COC(=O)CCNC(=O)c1ccccc1Cl)Nc1nc(-c2ccccc2)cs1. The highest BCUT2D eigenvalue weighted by molar-refractivity contribution is 7.14. The Kier molecular flexibility index (Phi) is 7.53. The summed E-state index contributed by atoms with van der Waals surface area (Å²) in [5, 5.41) is 7.76. The summed E-state index contributed by atoms with van der Waals surface area (Å²) in [6.07, 6.45) is -0.0706. The molecule has 0 aliphatic heterocycles. The second-order valence-electron chi connectivity index (χ2n) is 6.10. The van der Waals surface area contributed by atoms with E-state index in [0.717, 1.165) is 11.3 Å². The first-order chi connectivity index (χ1) is 14.5. The van der Waals surface area contributed by atoms with Gasteiger partial charge in [-0.1, -0.05) is 54.1 Å². The first-order valence-corrected chi connectivity index (χ1v) is 10.3. The Bertz CT molecular complexity index is 1040. The Morgan fingerprint density at radius 3 is 2.53 bits per heavy atom. The summed E-state index contributed by atoms with van der Waals surface area (Å²) in [5.41, 5.74) is 2.02. The van der Waals surface area contributed by atoms with Gasteiger partial charge < -0.3 is 10.1 Å². The molecule has 3 aromatic rings. The summed E-state index contributed by atoms with van der Waals surface area (Å²) in [6, 6.07) is 16.2. The Morgan fingerprint density at radius 1 is 1.03 bits per heavy atom. The van der Waals surface area contributed by atoms with E-state index in [-0.39, 0.29) is 18.9 Å². The summed E-state index contributed by atoms with van der Waals surface area (Å²) >= 11 is 7.23. The van der Waals surface area contributed by atoms with Crippen molar-refractivity contribution in [1.82, 2.24) is 10.3 Å². The molecule has 0 aliphatic carbocycles. The number of hydrogen-bond acceptors (Lipinski definition) is 6. The number of nitrogens with one attached hydrogen (secondary N) is 2. The highest BCUT2D eigenvalue weighted by Gasteiger charge is 2.12. The second-order valence-corrected chi connectivity index (χ2v) is 7.36. The van der Waals surface area contributed by atoms with E-state index in [1.165, 1.54) is 11.3 Å². The number of amides is 2. The molecule has 0 fully saturated rings. The smallest absolute Gasteiger partial charge is 0.308 e. The number of anilines is 1. The van der Waals surface area contributed by atoms with E-state index >= 15 is 0 Å². The minimum Gasteiger partial charge on any atom is -0.456 e. The van der Waals surface area contributed by atoms with Crippen molar-refractivity contribution in [3.05, 3.63) is 70.6 Å². The van der Waals surface area contributed by atoms with Gasteiger partial charge in [0.15, 0.2) is 11.7 Å². The predicted octanol–water partition coefficient (Wildman–Crippen LogP) is 3.77. The monoisotopic (exact) mass is 443 g/mol. The molecule has 0 radical (unpaired) electrons. The molecule has 9 heteroatoms. The molecule has 7 nitrogen and oxygen atoms in total. The van der Waals surface area contributed by atoms with Gasteiger partial charge in [0.2, 0.25) is 0 Å². The third-order valence-corrected chi connectivity index (χ3v) is 5.00. The lowest BCUT2D eigenvalue weighted by molar-refractivity contribution is -0.147. The average molecular weight is 444 g/mol. The molecule has 2 N–H and O–H groups in total. The lowest BCUT2D eigenvalue weighted by Crippen LogP contribution is -2.28. The normalized spacial score (nSPS) is 10.3. The largest absolute Gasteiger partial charge is 0.456 e. The van der Waals surface area contributed by atoms with E-state index in [1.807, 2.05) is 35.7 Å². The van der Waals surface area contributed by atoms with Gasteiger partial charge in [-0.3, -0.25) is 19.7 Å². The highest BCUT2D eigenvalue weighted by Crippen LogP contribution is 2.24. The van der Waals surface area contributed by atoms with Crippen molar-refractivity contribution >= 4 is 45.9 Å². The molecule has 0 saturated heterocycles. The van der Waals surface area contributed by atoms with Gasteiger partial charge in [-0.05, 0) is 12.1 Å². The first kappa shape index (κ1) is 21.5. The molecule has 154 valence electrons. The van der Waals surface area contributed by atoms with Crippen LogP contribution in [0.2, 0.25) is 5.02 Å². The van der Waals surface area contributed by atoms with Crippen LogP contribution in [0.25, 0.3) is 11.3 Å². The molecule has 1 aromatic heterocycles. The minimum absolute atomic E-state index is 0.0669. The van der Waals surface area contributed by atoms with Crippen LogP contribution in [-0.4, -0.2) is 35.9 Å². The van der Waals surface area contributed by atoms with Crippen molar-refractivity contribution in [1.29, 1.82) is 0 Å². The molecule has 0 atom stereocenters. The van der Waals surface area contributed by atoms with Crippen molar-refractivity contribution in [2.24, 2.45) is 0 Å². The van der Waals surface area contributed by atoms with Crippen LogP contribution in [0.1, 0.15) is 16.8 Å². The first-order valence-electron chi connectivity index (χ1n) is 9.02. The van der Waals surface area contributed by atoms with Gasteiger partial charge in [-0.25, -0.2) is 4.98 Å². The van der Waals surface area contributed by atoms with Crippen LogP contribution in [0.3, 0.4) is 0 Å². The number of nitrogens with zero attached hydrogens (tertiary/aromatic N) is 1. The van der Waals surface area contributed by atoms with Crippen LogP contribution in [0.4, 0.5) is 5.13 Å². The van der Waals surface area contributed by atoms with Gasteiger partial charge in [-0.2, -0.15) is 0 Å². The number of thiazole rings is 1. The molecular weight excluding hydrogens is 426 g/mol. The standard InChI is InChI=1S/C21H18ClN3O4S/c22-16-9-5-4-8-15(16)20(28)23-11-10-19(27)29-12-18(26)25-21-24-17(13-30-21)14-6-2-1-3-7-14/h1-9,13H,10-12H2,(H,23,28)(H,24,25,26). The van der Waals surface area contributed by atoms with Gasteiger partial charge in [0.1, 0.15) is 0 Å². The van der Waals surface area contributed by atoms with Crippen molar-refractivity contribution in [3.63, 3.8) is 0 Å². The zero-order chi connectivity index (χ0) is 21.3. The molecule has 1 heterocycles. The molecule has 3 rings (SSSR count). The molecule has 0 unspecified atom stereocenters. The molecule has 30 heavy (non-hydrogen) atoms. The maximum atomic E-state index is 12.0. The number of aromatic nitrogens is 1. The van der Waals surface area contributed by atoms with Crippen molar-refractivity contribution in [2.45, 2.75) is 6.42 Å². The summed E-state index contributed by atoms with van der Waals surface area (Å²) in [6.45, 7) is -0.366. The Morgan fingerprint density at radius 2 is 1.77 bits per heavy atom. The second kappa shape index (κ2) is 10.5. The number of carbonyl (C=O) groups is 3. The summed E-state index contributed by atoms with van der Waals surface area (Å²) < 4.78 is 4.93. The van der Waals surface area contributed by atoms with Crippen LogP contribution >= 0.6 is 22.9 Å². The minimum atomic E-state index is -0.603. The quantitative estimate of drug-likeness (QED) is 0.516. The van der Waals surface area contributed by atoms with E-state index in [2.05, 4.69) is 15.6 Å². The zero-order valence-corrected chi connectivity index (χ0v) is 17.3. The molecule has 2 aromatic carbocycles. The van der Waals surface area contributed by atoms with Gasteiger partial charge in [-0.15, -0.1) is 11.3 Å². The van der Waals surface area contributed by atoms with Gasteiger partial charge in [0.25, 0.3) is 11.8 Å². The van der Waals surface area contributed by atoms with Crippen LogP contribution in [0, 0.1) is 0 Å². The van der Waals surface area contributed by atoms with Crippen molar-refractivity contribution in [2.75, 3.05) is 18.5 Å². The molecule has 2 amide bonds. The molecule has 0 spiro atoms. The van der Waals surface area contributed by atoms with Crippen LogP contribution in [0.5, 0.6) is 0 Å². The van der Waals surface area contributed by atoms with Gasteiger partial charge >= 0.3 is 5.97 Å². The molecular formula is C21H18ClN3O4S. The van der Waals surface area contributed by atoms with Crippen LogP contribution < -0.4 is 10.6 Å². The van der Waals surface area contributed by atoms with Gasteiger partial charge in [0, 0.05) is 17.5 Å². The maximum Gasteiger partial charge on any atom is 0.308 e. The van der Waals surface area contributed by atoms with E-state index in [9.17, 15) is 14.4 Å². The van der Waals surface area contributed by atoms with Crippen molar-refractivity contribution < 1.29 is 19.1 Å². The fraction of sp³-hybridized carbons (Fsp3) is 0.143. The third-order valence-electron chi connectivity index (χ3n) is 3.92. The lowest BCUT2D eigenvalue weighted by Gasteiger charge is -2.07. The van der Waals surface area contributed by atoms with Crippen LogP contribution in [-0.2, 0) is 14.3 Å². The maximum absolute atomic E-state index is 12.0. The highest BCUT2D eigenvalue weighted by atomic mass is 35.5. The number of halogens is 1. The third kappa shape index (κ3) is 6.13.